The van der Waals surface area contributed by atoms with Crippen molar-refractivity contribution in [3.63, 3.8) is 0 Å². The lowest BCUT2D eigenvalue weighted by molar-refractivity contribution is 0.557. The Bertz CT molecular complexity index is 715. The monoisotopic (exact) mass is 291 g/mol. The molecule has 0 aliphatic carbocycles. The first-order valence-corrected chi connectivity index (χ1v) is 6.36. The molecule has 0 saturated carbocycles. The first kappa shape index (κ1) is 13.5. The van der Waals surface area contributed by atoms with Crippen LogP contribution in [0.2, 0.25) is 0 Å². The highest BCUT2D eigenvalue weighted by Crippen LogP contribution is 2.33. The maximum atomic E-state index is 14.0. The molecule has 21 heavy (non-hydrogen) atoms. The number of halogens is 3. The molecular weight excluding hydrogens is 279 g/mol. The van der Waals surface area contributed by atoms with Gasteiger partial charge in [-0.05, 0) is 18.2 Å². The van der Waals surface area contributed by atoms with E-state index in [1.807, 2.05) is 0 Å². The lowest BCUT2D eigenvalue weighted by atomic mass is 10.0. The second-order valence-electron chi connectivity index (χ2n) is 4.70. The van der Waals surface area contributed by atoms with Gasteiger partial charge in [-0.25, -0.2) is 13.2 Å². The highest BCUT2D eigenvalue weighted by molar-refractivity contribution is 5.97. The van der Waals surface area contributed by atoms with Crippen molar-refractivity contribution in [1.82, 2.24) is 0 Å². The molecule has 0 radical (unpaired) electrons. The fourth-order valence-corrected chi connectivity index (χ4v) is 2.45. The number of guanidine groups is 1. The molecule has 6 heteroatoms. The Balaban J connectivity index is 2.05. The number of nitrogens with zero attached hydrogens (tertiary/aromatic N) is 2. The smallest absolute Gasteiger partial charge is 0.196 e. The molecule has 0 aromatic heterocycles. The predicted octanol–water partition coefficient (Wildman–Crippen LogP) is 2.98. The molecule has 0 bridgehead atoms. The zero-order chi connectivity index (χ0) is 15.0. The number of anilines is 1. The maximum Gasteiger partial charge on any atom is 0.196 e. The molecule has 3 nitrogen and oxygen atoms in total. The topological polar surface area (TPSA) is 41.6 Å². The molecule has 1 heterocycles. The number of aliphatic imine (C=N–C) groups is 1. The van der Waals surface area contributed by atoms with Crippen LogP contribution in [0, 0.1) is 17.5 Å². The minimum atomic E-state index is -0.703. The third-order valence-electron chi connectivity index (χ3n) is 3.42. The normalized spacial score (nSPS) is 18.0. The average molecular weight is 291 g/mol. The lowest BCUT2D eigenvalue weighted by Crippen LogP contribution is -2.37. The summed E-state index contributed by atoms with van der Waals surface area (Å²) in [7, 11) is 0. The van der Waals surface area contributed by atoms with Crippen molar-refractivity contribution >= 4 is 11.6 Å². The van der Waals surface area contributed by atoms with Crippen LogP contribution in [0.4, 0.5) is 18.9 Å². The fourth-order valence-electron chi connectivity index (χ4n) is 2.45. The van der Waals surface area contributed by atoms with E-state index in [0.29, 0.717) is 0 Å². The Morgan fingerprint density at radius 1 is 1.05 bits per heavy atom. The molecule has 2 aromatic rings. The van der Waals surface area contributed by atoms with Gasteiger partial charge in [0.15, 0.2) is 5.96 Å². The summed E-state index contributed by atoms with van der Waals surface area (Å²) >= 11 is 0. The number of hydrogen-bond donors (Lipinski definition) is 1. The van der Waals surface area contributed by atoms with E-state index in [1.165, 1.54) is 23.1 Å². The fraction of sp³-hybridized carbons (Fsp3) is 0.133. The van der Waals surface area contributed by atoms with Crippen LogP contribution in [-0.2, 0) is 0 Å². The summed E-state index contributed by atoms with van der Waals surface area (Å²) in [4.78, 5) is 5.47. The van der Waals surface area contributed by atoms with Crippen LogP contribution >= 0.6 is 0 Å². The average Bonchev–Trinajstić information content (AvgIpc) is 2.81. The number of para-hydroxylation sites is 1. The van der Waals surface area contributed by atoms with Crippen molar-refractivity contribution in [2.75, 3.05) is 11.4 Å². The third-order valence-corrected chi connectivity index (χ3v) is 3.42. The highest BCUT2D eigenvalue weighted by atomic mass is 19.1. The molecule has 1 unspecified atom stereocenters. The molecule has 3 rings (SSSR count). The second-order valence-corrected chi connectivity index (χ2v) is 4.70. The molecule has 0 amide bonds. The van der Waals surface area contributed by atoms with Gasteiger partial charge in [-0.2, -0.15) is 0 Å². The molecule has 1 atom stereocenters. The third kappa shape index (κ3) is 2.33. The predicted molar refractivity (Wildman–Crippen MR) is 74.5 cm³/mol. The molecule has 0 spiro atoms. The van der Waals surface area contributed by atoms with E-state index in [2.05, 4.69) is 4.99 Å². The van der Waals surface area contributed by atoms with E-state index >= 15 is 0 Å². The molecule has 0 saturated heterocycles. The molecule has 0 fully saturated rings. The largest absolute Gasteiger partial charge is 0.369 e. The van der Waals surface area contributed by atoms with E-state index in [0.717, 1.165) is 12.1 Å². The number of hydrogen-bond acceptors (Lipinski definition) is 3. The van der Waals surface area contributed by atoms with E-state index in [4.69, 9.17) is 5.73 Å². The number of nitrogens with two attached hydrogens (primary N) is 1. The Hall–Kier alpha value is -2.50. The first-order chi connectivity index (χ1) is 10.1. The summed E-state index contributed by atoms with van der Waals surface area (Å²) in [5, 5.41) is 0. The van der Waals surface area contributed by atoms with Crippen LogP contribution in [-0.4, -0.2) is 12.5 Å². The van der Waals surface area contributed by atoms with Crippen LogP contribution in [0.25, 0.3) is 0 Å². The van der Waals surface area contributed by atoms with Gasteiger partial charge in [0.05, 0.1) is 18.3 Å². The number of benzene rings is 2. The van der Waals surface area contributed by atoms with Crippen molar-refractivity contribution in [2.24, 2.45) is 10.7 Å². The molecule has 108 valence electrons. The zero-order valence-corrected chi connectivity index (χ0v) is 10.9. The second kappa shape index (κ2) is 5.12. The standard InChI is InChI=1S/C15H12F3N3/c16-9-5-6-10(12(18)7-9)14-8-20-15(19)21(14)13-4-2-1-3-11(13)17/h1-7,14H,8H2,(H2,19,20). The SMILES string of the molecule is NC1=NCC(c2ccc(F)cc2F)N1c1ccccc1F. The van der Waals surface area contributed by atoms with Crippen LogP contribution in [0.1, 0.15) is 11.6 Å². The van der Waals surface area contributed by atoms with E-state index in [1.54, 1.807) is 12.1 Å². The van der Waals surface area contributed by atoms with Gasteiger partial charge >= 0.3 is 0 Å². The van der Waals surface area contributed by atoms with Crippen LogP contribution < -0.4 is 10.6 Å². The molecule has 1 aliphatic rings. The van der Waals surface area contributed by atoms with Crippen LogP contribution in [0.5, 0.6) is 0 Å². The minimum absolute atomic E-state index is 0.105. The zero-order valence-electron chi connectivity index (χ0n) is 10.9. The quantitative estimate of drug-likeness (QED) is 0.924. The summed E-state index contributed by atoms with van der Waals surface area (Å²) in [5.74, 6) is -1.74. The summed E-state index contributed by atoms with van der Waals surface area (Å²) < 4.78 is 41.0. The molecule has 2 N–H and O–H groups in total. The van der Waals surface area contributed by atoms with Gasteiger partial charge in [-0.3, -0.25) is 4.99 Å². The van der Waals surface area contributed by atoms with E-state index in [9.17, 15) is 13.2 Å². The number of rotatable bonds is 2. The van der Waals surface area contributed by atoms with Crippen molar-refractivity contribution in [3.8, 4) is 0 Å². The summed E-state index contributed by atoms with van der Waals surface area (Å²) in [6.07, 6.45) is 0. The van der Waals surface area contributed by atoms with Gasteiger partial charge in [0.2, 0.25) is 0 Å². The van der Waals surface area contributed by atoms with Gasteiger partial charge < -0.3 is 10.6 Å². The van der Waals surface area contributed by atoms with E-state index in [-0.39, 0.29) is 23.8 Å². The molecule has 1 aliphatic heterocycles. The maximum absolute atomic E-state index is 14.0. The minimum Gasteiger partial charge on any atom is -0.369 e. The van der Waals surface area contributed by atoms with Gasteiger partial charge in [-0.15, -0.1) is 0 Å². The Kier molecular flexibility index (Phi) is 3.29. The Morgan fingerprint density at radius 3 is 2.52 bits per heavy atom. The first-order valence-electron chi connectivity index (χ1n) is 6.36. The summed E-state index contributed by atoms with van der Waals surface area (Å²) in [5.41, 5.74) is 6.24. The molecular formula is C15H12F3N3. The van der Waals surface area contributed by atoms with Gasteiger partial charge in [0.25, 0.3) is 0 Å². The Labute approximate surface area is 119 Å². The van der Waals surface area contributed by atoms with Crippen LogP contribution in [0.15, 0.2) is 47.5 Å². The summed E-state index contributed by atoms with van der Waals surface area (Å²) in [6.45, 7) is 0.183. The van der Waals surface area contributed by atoms with Gasteiger partial charge in [0, 0.05) is 11.6 Å². The van der Waals surface area contributed by atoms with Crippen molar-refractivity contribution in [1.29, 1.82) is 0 Å². The van der Waals surface area contributed by atoms with Crippen molar-refractivity contribution < 1.29 is 13.2 Å². The highest BCUT2D eigenvalue weighted by Gasteiger charge is 2.32. The Morgan fingerprint density at radius 2 is 1.81 bits per heavy atom. The lowest BCUT2D eigenvalue weighted by Gasteiger charge is -2.27. The van der Waals surface area contributed by atoms with Gasteiger partial charge in [0.1, 0.15) is 17.5 Å². The van der Waals surface area contributed by atoms with Crippen molar-refractivity contribution in [2.45, 2.75) is 6.04 Å². The van der Waals surface area contributed by atoms with E-state index < -0.39 is 23.5 Å². The summed E-state index contributed by atoms with van der Waals surface area (Å²) in [6, 6.07) is 8.73. The van der Waals surface area contributed by atoms with Crippen molar-refractivity contribution in [3.05, 3.63) is 65.5 Å². The molecule has 2 aromatic carbocycles. The van der Waals surface area contributed by atoms with Crippen LogP contribution in [0.3, 0.4) is 0 Å². The van der Waals surface area contributed by atoms with Gasteiger partial charge in [-0.1, -0.05) is 18.2 Å².